The van der Waals surface area contributed by atoms with Crippen molar-refractivity contribution in [3.8, 4) is 23.7 Å². The summed E-state index contributed by atoms with van der Waals surface area (Å²) in [6.45, 7) is -0.144. The van der Waals surface area contributed by atoms with Gasteiger partial charge in [-0.15, -0.1) is 0 Å². The van der Waals surface area contributed by atoms with E-state index in [0.717, 1.165) is 10.0 Å². The van der Waals surface area contributed by atoms with E-state index in [-0.39, 0.29) is 6.61 Å². The van der Waals surface area contributed by atoms with Crippen molar-refractivity contribution < 1.29 is 5.11 Å². The molecule has 1 aromatic carbocycles. The van der Waals surface area contributed by atoms with Gasteiger partial charge in [-0.1, -0.05) is 27.8 Å². The van der Waals surface area contributed by atoms with Gasteiger partial charge >= 0.3 is 0 Å². The van der Waals surface area contributed by atoms with Crippen LogP contribution in [0.2, 0.25) is 0 Å². The first-order valence-corrected chi connectivity index (χ1v) is 4.47. The predicted octanol–water partition coefficient (Wildman–Crippen LogP) is 1.80. The van der Waals surface area contributed by atoms with Gasteiger partial charge in [0.1, 0.15) is 6.61 Å². The lowest BCUT2D eigenvalue weighted by atomic mass is 10.2. The van der Waals surface area contributed by atoms with E-state index in [0.29, 0.717) is 0 Å². The van der Waals surface area contributed by atoms with Crippen LogP contribution in [0.4, 0.5) is 0 Å². The van der Waals surface area contributed by atoms with Gasteiger partial charge in [-0.3, -0.25) is 0 Å². The number of halogens is 1. The van der Waals surface area contributed by atoms with Crippen molar-refractivity contribution in [1.29, 1.82) is 0 Å². The number of aliphatic hydroxyl groups is 1. The second-order valence-corrected chi connectivity index (χ2v) is 3.13. The molecule has 1 nitrogen and oxygen atoms in total. The first-order chi connectivity index (χ1) is 6.33. The Morgan fingerprint density at radius 3 is 2.46 bits per heavy atom. The molecule has 0 aliphatic heterocycles. The minimum Gasteiger partial charge on any atom is -0.384 e. The first kappa shape index (κ1) is 9.86. The molecular formula is C11H7BrO. The van der Waals surface area contributed by atoms with E-state index >= 15 is 0 Å². The van der Waals surface area contributed by atoms with Crippen LogP contribution < -0.4 is 0 Å². The molecule has 0 saturated carbocycles. The lowest BCUT2D eigenvalue weighted by molar-refractivity contribution is 0.350. The molecule has 0 aliphatic carbocycles. The summed E-state index contributed by atoms with van der Waals surface area (Å²) in [5, 5.41) is 8.35. The van der Waals surface area contributed by atoms with E-state index in [1.165, 1.54) is 0 Å². The van der Waals surface area contributed by atoms with Crippen LogP contribution in [-0.4, -0.2) is 11.7 Å². The molecule has 0 spiro atoms. The van der Waals surface area contributed by atoms with Crippen LogP contribution in [0.3, 0.4) is 0 Å². The summed E-state index contributed by atoms with van der Waals surface area (Å²) in [5.41, 5.74) is 0.912. The lowest BCUT2D eigenvalue weighted by Crippen LogP contribution is -1.72. The molecule has 0 fully saturated rings. The number of hydrogen-bond donors (Lipinski definition) is 1. The highest BCUT2D eigenvalue weighted by Crippen LogP contribution is 2.09. The fourth-order valence-electron chi connectivity index (χ4n) is 0.720. The molecule has 0 saturated heterocycles. The van der Waals surface area contributed by atoms with Crippen LogP contribution in [0.25, 0.3) is 0 Å². The molecule has 0 atom stereocenters. The molecule has 0 bridgehead atoms. The second kappa shape index (κ2) is 5.43. The zero-order chi connectivity index (χ0) is 9.52. The maximum Gasteiger partial charge on any atom is 0.105 e. The Morgan fingerprint density at radius 1 is 1.15 bits per heavy atom. The van der Waals surface area contributed by atoms with Crippen LogP contribution in [0.15, 0.2) is 28.7 Å². The molecule has 0 aromatic heterocycles. The van der Waals surface area contributed by atoms with Gasteiger partial charge in [0.2, 0.25) is 0 Å². The van der Waals surface area contributed by atoms with E-state index in [9.17, 15) is 0 Å². The van der Waals surface area contributed by atoms with Crippen LogP contribution in [-0.2, 0) is 0 Å². The molecular weight excluding hydrogens is 228 g/mol. The number of benzene rings is 1. The quantitative estimate of drug-likeness (QED) is 0.680. The second-order valence-electron chi connectivity index (χ2n) is 2.22. The summed E-state index contributed by atoms with van der Waals surface area (Å²) >= 11 is 3.33. The summed E-state index contributed by atoms with van der Waals surface area (Å²) in [4.78, 5) is 0. The van der Waals surface area contributed by atoms with E-state index in [2.05, 4.69) is 39.6 Å². The van der Waals surface area contributed by atoms with E-state index in [1.54, 1.807) is 0 Å². The van der Waals surface area contributed by atoms with Crippen molar-refractivity contribution in [3.05, 3.63) is 34.3 Å². The molecule has 2 heteroatoms. The maximum absolute atomic E-state index is 8.35. The summed E-state index contributed by atoms with van der Waals surface area (Å²) in [7, 11) is 0. The Hall–Kier alpha value is -1.22. The van der Waals surface area contributed by atoms with Gasteiger partial charge in [0.25, 0.3) is 0 Å². The summed E-state index contributed by atoms with van der Waals surface area (Å²) in [6, 6.07) is 7.64. The highest BCUT2D eigenvalue weighted by Gasteiger charge is 1.85. The molecule has 1 aromatic rings. The average molecular weight is 235 g/mol. The zero-order valence-electron chi connectivity index (χ0n) is 6.84. The van der Waals surface area contributed by atoms with Gasteiger partial charge in [-0.2, -0.15) is 0 Å². The normalized spacial score (nSPS) is 7.85. The Morgan fingerprint density at radius 2 is 1.85 bits per heavy atom. The SMILES string of the molecule is OCC#CC#Cc1ccc(Br)cc1. The summed E-state index contributed by atoms with van der Waals surface area (Å²) in [6.07, 6.45) is 0. The standard InChI is InChI=1S/C11H7BrO/c12-11-7-5-10(6-8-11)4-2-1-3-9-13/h5-8,13H,9H2. The Kier molecular flexibility index (Phi) is 4.12. The highest BCUT2D eigenvalue weighted by atomic mass is 79.9. The predicted molar refractivity (Wildman–Crippen MR) is 55.9 cm³/mol. The number of hydrogen-bond acceptors (Lipinski definition) is 1. The number of rotatable bonds is 0. The van der Waals surface area contributed by atoms with Crippen molar-refractivity contribution in [2.45, 2.75) is 0 Å². The zero-order valence-corrected chi connectivity index (χ0v) is 8.43. The van der Waals surface area contributed by atoms with Crippen LogP contribution >= 0.6 is 15.9 Å². The van der Waals surface area contributed by atoms with Crippen LogP contribution in [0.1, 0.15) is 5.56 Å². The largest absolute Gasteiger partial charge is 0.384 e. The smallest absolute Gasteiger partial charge is 0.105 e. The van der Waals surface area contributed by atoms with E-state index in [1.807, 2.05) is 24.3 Å². The molecule has 0 radical (unpaired) electrons. The van der Waals surface area contributed by atoms with Gasteiger partial charge in [0.05, 0.1) is 0 Å². The molecule has 1 rings (SSSR count). The van der Waals surface area contributed by atoms with Gasteiger partial charge < -0.3 is 5.11 Å². The molecule has 64 valence electrons. The molecule has 0 aliphatic rings. The third-order valence-corrected chi connectivity index (χ3v) is 1.81. The third-order valence-electron chi connectivity index (χ3n) is 1.28. The lowest BCUT2D eigenvalue weighted by Gasteiger charge is -1.88. The fourth-order valence-corrected chi connectivity index (χ4v) is 0.985. The van der Waals surface area contributed by atoms with Crippen molar-refractivity contribution in [2.24, 2.45) is 0 Å². The Labute approximate surface area is 85.9 Å². The van der Waals surface area contributed by atoms with Crippen molar-refractivity contribution in [2.75, 3.05) is 6.61 Å². The fraction of sp³-hybridized carbons (Fsp3) is 0.0909. The van der Waals surface area contributed by atoms with E-state index in [4.69, 9.17) is 5.11 Å². The first-order valence-electron chi connectivity index (χ1n) is 3.68. The van der Waals surface area contributed by atoms with Crippen LogP contribution in [0, 0.1) is 23.7 Å². The average Bonchev–Trinajstić information content (AvgIpc) is 2.15. The third kappa shape index (κ3) is 3.80. The van der Waals surface area contributed by atoms with Crippen molar-refractivity contribution in [1.82, 2.24) is 0 Å². The minimum atomic E-state index is -0.144. The number of aliphatic hydroxyl groups excluding tert-OH is 1. The molecule has 1 N–H and O–H groups in total. The van der Waals surface area contributed by atoms with Crippen LogP contribution in [0.5, 0.6) is 0 Å². The molecule has 0 heterocycles. The Balaban J connectivity index is 2.72. The summed E-state index contributed by atoms with van der Waals surface area (Å²) in [5.74, 6) is 10.5. The Bertz CT molecular complexity index is 384. The molecule has 0 unspecified atom stereocenters. The van der Waals surface area contributed by atoms with Gasteiger partial charge in [0, 0.05) is 10.0 Å². The van der Waals surface area contributed by atoms with Gasteiger partial charge in [-0.05, 0) is 36.1 Å². The minimum absolute atomic E-state index is 0.144. The van der Waals surface area contributed by atoms with Crippen molar-refractivity contribution >= 4 is 15.9 Å². The summed E-state index contributed by atoms with van der Waals surface area (Å²) < 4.78 is 1.03. The van der Waals surface area contributed by atoms with Crippen molar-refractivity contribution in [3.63, 3.8) is 0 Å². The van der Waals surface area contributed by atoms with Gasteiger partial charge in [-0.25, -0.2) is 0 Å². The molecule has 0 amide bonds. The van der Waals surface area contributed by atoms with E-state index < -0.39 is 0 Å². The maximum atomic E-state index is 8.35. The van der Waals surface area contributed by atoms with Gasteiger partial charge in [0.15, 0.2) is 0 Å². The highest BCUT2D eigenvalue weighted by molar-refractivity contribution is 9.10. The monoisotopic (exact) mass is 234 g/mol. The topological polar surface area (TPSA) is 20.2 Å². The molecule has 13 heavy (non-hydrogen) atoms.